The fourth-order valence-electron chi connectivity index (χ4n) is 9.11. The van der Waals surface area contributed by atoms with Gasteiger partial charge in [0.15, 0.2) is 5.82 Å². The molecule has 1 amide bonds. The summed E-state index contributed by atoms with van der Waals surface area (Å²) in [6, 6.07) is 8.07. The van der Waals surface area contributed by atoms with Crippen LogP contribution < -0.4 is 5.32 Å². The second kappa shape index (κ2) is 33.8. The number of pyridine rings is 1. The van der Waals surface area contributed by atoms with Gasteiger partial charge in [-0.2, -0.15) is 0 Å². The molecule has 3 unspecified atom stereocenters. The number of para-hydroxylation sites is 1. The number of carbonyl (C=O) groups excluding carboxylic acids is 1. The molecule has 4 N–H and O–H groups in total. The van der Waals surface area contributed by atoms with Crippen molar-refractivity contribution in [2.24, 2.45) is 5.92 Å². The Morgan fingerprint density at radius 2 is 1.10 bits per heavy atom. The van der Waals surface area contributed by atoms with Crippen LogP contribution in [0.15, 0.2) is 30.6 Å². The van der Waals surface area contributed by atoms with Gasteiger partial charge in [-0.3, -0.25) is 9.69 Å². The number of amides is 1. The highest BCUT2D eigenvalue weighted by molar-refractivity contribution is 6.09. The van der Waals surface area contributed by atoms with Gasteiger partial charge in [0, 0.05) is 38.0 Å². The highest BCUT2D eigenvalue weighted by Gasteiger charge is 2.19. The van der Waals surface area contributed by atoms with E-state index < -0.39 is 0 Å². The summed E-state index contributed by atoms with van der Waals surface area (Å²) in [6.45, 7) is 16.4. The average Bonchev–Trinajstić information content (AvgIpc) is 3.67. The molecule has 63 heavy (non-hydrogen) atoms. The highest BCUT2D eigenvalue weighted by atomic mass is 16.3. The third-order valence-corrected chi connectivity index (χ3v) is 12.7. The Morgan fingerprint density at radius 1 is 0.619 bits per heavy atom. The number of aromatic nitrogens is 3. The van der Waals surface area contributed by atoms with Gasteiger partial charge < -0.3 is 30.1 Å². The average molecular weight is 879 g/mol. The minimum atomic E-state index is -0.380. The molecule has 0 saturated carbocycles. The summed E-state index contributed by atoms with van der Waals surface area (Å²) < 4.78 is 2.18. The molecule has 0 bridgehead atoms. The van der Waals surface area contributed by atoms with E-state index in [2.05, 4.69) is 60.4 Å². The molecule has 0 fully saturated rings. The predicted molar refractivity (Wildman–Crippen MR) is 266 cm³/mol. The molecule has 0 aliphatic heterocycles. The van der Waals surface area contributed by atoms with Crippen LogP contribution in [0.2, 0.25) is 0 Å². The van der Waals surface area contributed by atoms with Gasteiger partial charge in [-0.1, -0.05) is 175 Å². The van der Waals surface area contributed by atoms with Crippen molar-refractivity contribution in [3.8, 4) is 0 Å². The molecule has 0 spiro atoms. The normalized spacial score (nSPS) is 13.6. The summed E-state index contributed by atoms with van der Waals surface area (Å²) >= 11 is 0. The standard InChI is InChI=1S/C53H94N6O4/c1-6-9-12-15-18-22-30-45(60)40-57(37-29-38-58(41-46(61)31-23-19-16-13-10-7-2)42-47(62)32-24-20-17-14-11-8-3)36-28-21-25-35-50(63)56-53-51-52(59(43-54-51)39-44(4)5)48-33-26-27-34-49(48)55-53/h26-27,33-34,43-47,60-62H,6-25,28-32,35-42H2,1-5H3,(H,55,56,63). The van der Waals surface area contributed by atoms with Crippen LogP contribution in [-0.4, -0.2) is 103 Å². The first kappa shape index (κ1) is 54.7. The van der Waals surface area contributed by atoms with Gasteiger partial charge in [0.05, 0.1) is 35.7 Å². The van der Waals surface area contributed by atoms with Crippen LogP contribution in [0.3, 0.4) is 0 Å². The molecule has 2 heterocycles. The third-order valence-electron chi connectivity index (χ3n) is 12.7. The van der Waals surface area contributed by atoms with Crippen molar-refractivity contribution < 1.29 is 20.1 Å². The topological polar surface area (TPSA) is 127 Å². The number of imidazole rings is 1. The van der Waals surface area contributed by atoms with Crippen molar-refractivity contribution in [2.75, 3.05) is 44.6 Å². The van der Waals surface area contributed by atoms with Gasteiger partial charge in [0.25, 0.3) is 0 Å². The van der Waals surface area contributed by atoms with Crippen LogP contribution in [-0.2, 0) is 11.3 Å². The van der Waals surface area contributed by atoms with Crippen LogP contribution in [0.25, 0.3) is 21.9 Å². The van der Waals surface area contributed by atoms with Crippen LogP contribution in [0.1, 0.15) is 202 Å². The lowest BCUT2D eigenvalue weighted by molar-refractivity contribution is -0.116. The minimum Gasteiger partial charge on any atom is -0.392 e. The van der Waals surface area contributed by atoms with Gasteiger partial charge >= 0.3 is 0 Å². The maximum Gasteiger partial charge on any atom is 0.225 e. The van der Waals surface area contributed by atoms with E-state index in [1.54, 1.807) is 0 Å². The minimum absolute atomic E-state index is 0.0406. The van der Waals surface area contributed by atoms with Gasteiger partial charge in [-0.25, -0.2) is 9.97 Å². The van der Waals surface area contributed by atoms with E-state index in [4.69, 9.17) is 9.97 Å². The van der Waals surface area contributed by atoms with E-state index in [-0.39, 0.29) is 24.2 Å². The van der Waals surface area contributed by atoms with Crippen LogP contribution in [0, 0.1) is 5.92 Å². The maximum absolute atomic E-state index is 13.3. The quantitative estimate of drug-likeness (QED) is 0.0416. The second-order valence-electron chi connectivity index (χ2n) is 19.4. The Hall–Kier alpha value is -2.63. The molecule has 10 nitrogen and oxygen atoms in total. The maximum atomic E-state index is 13.3. The predicted octanol–water partition coefficient (Wildman–Crippen LogP) is 12.1. The molecule has 0 aliphatic carbocycles. The number of fused-ring (bicyclic) bond motifs is 3. The fraction of sp³-hybridized carbons (Fsp3) is 0.792. The zero-order chi connectivity index (χ0) is 45.5. The fourth-order valence-corrected chi connectivity index (χ4v) is 9.11. The number of nitrogens with zero attached hydrogens (tertiary/aromatic N) is 5. The molecule has 0 saturated heterocycles. The Kier molecular flexibility index (Phi) is 29.3. The summed E-state index contributed by atoms with van der Waals surface area (Å²) in [7, 11) is 0. The first-order valence-corrected chi connectivity index (χ1v) is 26.2. The van der Waals surface area contributed by atoms with Crippen molar-refractivity contribution in [3.63, 3.8) is 0 Å². The monoisotopic (exact) mass is 879 g/mol. The molecule has 3 atom stereocenters. The third kappa shape index (κ3) is 23.4. The number of unbranched alkanes of at least 4 members (excludes halogenated alkanes) is 17. The Bertz CT molecular complexity index is 1570. The number of anilines is 1. The molecule has 0 aliphatic rings. The number of benzene rings is 1. The lowest BCUT2D eigenvalue weighted by atomic mass is 10.1. The summed E-state index contributed by atoms with van der Waals surface area (Å²) in [4.78, 5) is 27.6. The van der Waals surface area contributed by atoms with Gasteiger partial charge in [-0.15, -0.1) is 0 Å². The number of rotatable bonds is 40. The van der Waals surface area contributed by atoms with Crippen LogP contribution in [0.5, 0.6) is 0 Å². The smallest absolute Gasteiger partial charge is 0.225 e. The van der Waals surface area contributed by atoms with Gasteiger partial charge in [0.2, 0.25) is 5.91 Å². The molecule has 0 radical (unpaired) electrons. The SMILES string of the molecule is CCCCCCCCC(O)CN(CCCCCC(=O)Nc1nc2ccccc2c2c1ncn2CC(C)C)CCCN(CC(O)CCCCCCCC)CC(O)CCCCCCCC. The summed E-state index contributed by atoms with van der Waals surface area (Å²) in [6.07, 6.45) is 29.0. The number of aliphatic hydroxyl groups excluding tert-OH is 3. The van der Waals surface area contributed by atoms with Gasteiger partial charge in [0.1, 0.15) is 5.52 Å². The number of hydrogen-bond donors (Lipinski definition) is 4. The van der Waals surface area contributed by atoms with E-state index in [0.717, 1.165) is 112 Å². The van der Waals surface area contributed by atoms with Crippen molar-refractivity contribution >= 4 is 33.7 Å². The number of nitrogens with one attached hydrogen (secondary N) is 1. The largest absolute Gasteiger partial charge is 0.392 e. The van der Waals surface area contributed by atoms with E-state index in [0.29, 0.717) is 37.8 Å². The first-order chi connectivity index (χ1) is 30.6. The number of carbonyl (C=O) groups is 1. The Labute approximate surface area is 384 Å². The van der Waals surface area contributed by atoms with E-state index in [1.807, 2.05) is 24.5 Å². The lowest BCUT2D eigenvalue weighted by Crippen LogP contribution is -2.40. The molecule has 3 aromatic rings. The van der Waals surface area contributed by atoms with E-state index >= 15 is 0 Å². The number of aliphatic hydroxyl groups is 3. The summed E-state index contributed by atoms with van der Waals surface area (Å²) in [5, 5.41) is 37.6. The lowest BCUT2D eigenvalue weighted by Gasteiger charge is -2.30. The van der Waals surface area contributed by atoms with Crippen LogP contribution in [0.4, 0.5) is 5.82 Å². The van der Waals surface area contributed by atoms with Gasteiger partial charge in [-0.05, 0) is 70.1 Å². The molecule has 10 heteroatoms. The molecule has 3 rings (SSSR count). The Balaban J connectivity index is 1.56. The van der Waals surface area contributed by atoms with E-state index in [9.17, 15) is 20.1 Å². The second-order valence-corrected chi connectivity index (χ2v) is 19.4. The van der Waals surface area contributed by atoms with Crippen molar-refractivity contribution in [3.05, 3.63) is 30.6 Å². The van der Waals surface area contributed by atoms with Crippen LogP contribution >= 0.6 is 0 Å². The summed E-state index contributed by atoms with van der Waals surface area (Å²) in [5.41, 5.74) is 2.60. The molecule has 2 aromatic heterocycles. The van der Waals surface area contributed by atoms with Crippen molar-refractivity contribution in [2.45, 2.75) is 226 Å². The zero-order valence-electron chi connectivity index (χ0n) is 41.0. The Morgan fingerprint density at radius 3 is 1.65 bits per heavy atom. The summed E-state index contributed by atoms with van der Waals surface area (Å²) in [5.74, 6) is 0.945. The highest BCUT2D eigenvalue weighted by Crippen LogP contribution is 2.29. The molecule has 360 valence electrons. The van der Waals surface area contributed by atoms with Crippen molar-refractivity contribution in [1.29, 1.82) is 0 Å². The number of hydrogen-bond acceptors (Lipinski definition) is 8. The molecular weight excluding hydrogens is 785 g/mol. The first-order valence-electron chi connectivity index (χ1n) is 26.2. The van der Waals surface area contributed by atoms with E-state index in [1.165, 1.54) is 96.3 Å². The zero-order valence-corrected chi connectivity index (χ0v) is 41.0. The molecule has 1 aromatic carbocycles. The van der Waals surface area contributed by atoms with Crippen molar-refractivity contribution in [1.82, 2.24) is 24.3 Å². The molecular formula is C53H94N6O4.